The fraction of sp³-hybridized carbons (Fsp3) is 0.647. The van der Waals surface area contributed by atoms with E-state index in [4.69, 9.17) is 0 Å². The monoisotopic (exact) mass is 410 g/mol. The van der Waals surface area contributed by atoms with Crippen LogP contribution in [0, 0.1) is 0 Å². The van der Waals surface area contributed by atoms with Crippen molar-refractivity contribution in [3.8, 4) is 0 Å². The predicted molar refractivity (Wildman–Crippen MR) is 125 cm³/mol. The van der Waals surface area contributed by atoms with Crippen molar-refractivity contribution >= 4 is 47.8 Å². The van der Waals surface area contributed by atoms with Crippen molar-refractivity contribution in [1.29, 1.82) is 0 Å². The van der Waals surface area contributed by atoms with E-state index in [0.717, 1.165) is 0 Å². The van der Waals surface area contributed by atoms with Crippen LogP contribution in [0.5, 0.6) is 0 Å². The van der Waals surface area contributed by atoms with Gasteiger partial charge in [-0.15, -0.1) is 0 Å². The first-order valence-corrected chi connectivity index (χ1v) is 32.7. The Bertz CT molecular complexity index is 575. The summed E-state index contributed by atoms with van der Waals surface area (Å²) in [5, 5.41) is 1.77. The fourth-order valence-electron chi connectivity index (χ4n) is 6.30. The molecule has 0 N–H and O–H groups in total. The Morgan fingerprint density at radius 2 is 0.913 bits per heavy atom. The summed E-state index contributed by atoms with van der Waals surface area (Å²) in [7, 11) is -5.83. The first kappa shape index (κ1) is 19.8. The minimum atomic E-state index is -1.39. The number of benzene rings is 1. The summed E-state index contributed by atoms with van der Waals surface area (Å²) < 4.78 is 0. The highest BCUT2D eigenvalue weighted by atomic mass is 30.3. The predicted octanol–water partition coefficient (Wildman–Crippen LogP) is 5.00. The van der Waals surface area contributed by atoms with Crippen molar-refractivity contribution in [2.45, 2.75) is 72.0 Å². The van der Waals surface area contributed by atoms with Crippen LogP contribution in [0.4, 0.5) is 0 Å². The topological polar surface area (TPSA) is 0 Å². The number of rotatable bonds is 2. The molecule has 1 aliphatic heterocycles. The molecule has 1 aliphatic rings. The van der Waals surface area contributed by atoms with Gasteiger partial charge in [0.1, 0.15) is 0 Å². The van der Waals surface area contributed by atoms with Gasteiger partial charge in [-0.1, -0.05) is 108 Å². The van der Waals surface area contributed by atoms with Gasteiger partial charge in [0.05, 0.1) is 7.59 Å². The summed E-state index contributed by atoms with van der Waals surface area (Å²) in [4.78, 5) is 0. The van der Waals surface area contributed by atoms with E-state index in [0.29, 0.717) is 0 Å². The van der Waals surface area contributed by atoms with Crippen LogP contribution in [0.1, 0.15) is 0 Å². The molecule has 23 heavy (non-hydrogen) atoms. The molecule has 0 nitrogen and oxygen atoms in total. The van der Waals surface area contributed by atoms with E-state index < -0.39 is 42.7 Å². The van der Waals surface area contributed by atoms with Crippen molar-refractivity contribution in [3.05, 3.63) is 30.3 Å². The molecule has 0 aromatic heterocycles. The Morgan fingerprint density at radius 1 is 0.565 bits per heavy atom. The highest BCUT2D eigenvalue weighted by molar-refractivity contribution is 8.21. The second-order valence-electron chi connectivity index (χ2n) is 10.6. The number of hydrogen-bond donors (Lipinski definition) is 0. The Labute approximate surface area is 149 Å². The summed E-state index contributed by atoms with van der Waals surface area (Å²) in [6.07, 6.45) is 0. The van der Waals surface area contributed by atoms with E-state index in [2.05, 4.69) is 102 Å². The zero-order chi connectivity index (χ0) is 18.1. The van der Waals surface area contributed by atoms with Crippen molar-refractivity contribution < 1.29 is 0 Å². The summed E-state index contributed by atoms with van der Waals surface area (Å²) in [6.45, 7) is 30.1. The summed E-state index contributed by atoms with van der Waals surface area (Å²) >= 11 is 0. The molecule has 1 saturated heterocycles. The van der Waals surface area contributed by atoms with Crippen LogP contribution in [-0.4, -0.2) is 42.7 Å². The number of hydrogen-bond acceptors (Lipinski definition) is 0. The van der Waals surface area contributed by atoms with E-state index >= 15 is 0 Å². The second kappa shape index (κ2) is 5.26. The van der Waals surface area contributed by atoms with Crippen LogP contribution >= 0.6 is 0 Å². The van der Waals surface area contributed by atoms with Crippen LogP contribution in [0.25, 0.3) is 0 Å². The molecule has 2 rings (SSSR count). The minimum absolute atomic E-state index is 1.07. The van der Waals surface area contributed by atoms with Gasteiger partial charge < -0.3 is 0 Å². The lowest BCUT2D eigenvalue weighted by atomic mass is 10.4. The molecule has 0 amide bonds. The molecule has 1 fully saturated rings. The fourth-order valence-corrected chi connectivity index (χ4v) is 285. The lowest BCUT2D eigenvalue weighted by molar-refractivity contribution is 1.72. The highest BCUT2D eigenvalue weighted by Gasteiger charge is 2.80. The van der Waals surface area contributed by atoms with Gasteiger partial charge >= 0.3 is 0 Å². The maximum atomic E-state index is 2.95. The van der Waals surface area contributed by atoms with Gasteiger partial charge in [-0.05, 0) is 0 Å². The van der Waals surface area contributed by atoms with Gasteiger partial charge in [0, 0.05) is 35.1 Å². The third-order valence-corrected chi connectivity index (χ3v) is 172. The summed E-state index contributed by atoms with van der Waals surface area (Å²) in [6, 6.07) is 11.8. The maximum absolute atomic E-state index is 2.95. The Balaban J connectivity index is 2.83. The van der Waals surface area contributed by atoms with E-state index in [1.807, 2.05) is 0 Å². The molecule has 0 saturated carbocycles. The average Bonchev–Trinajstić information content (AvgIpc) is 2.50. The molecule has 1 aromatic carbocycles. The van der Waals surface area contributed by atoms with Crippen molar-refractivity contribution in [2.24, 2.45) is 0 Å². The molecule has 0 bridgehead atoms. The Hall–Kier alpha value is 0.521. The SMILES string of the molecule is C[Si](C)(c1ccccc1)[Si]1(C)[Si](C)(C)[Si](C)(C)[Si](C)(C)[Si]1(C)C. The van der Waals surface area contributed by atoms with Gasteiger partial charge in [-0.2, -0.15) is 0 Å². The molecule has 130 valence electrons. The quantitative estimate of drug-likeness (QED) is 0.602. The molecule has 0 spiro atoms. The average molecular weight is 411 g/mol. The first-order valence-electron chi connectivity index (χ1n) is 9.16. The molecule has 1 heterocycles. The largest absolute Gasteiger partial charge is 0.0747 e. The normalized spacial score (nSPS) is 26.9. The molecule has 0 unspecified atom stereocenters. The zero-order valence-electron chi connectivity index (χ0n) is 17.4. The van der Waals surface area contributed by atoms with Gasteiger partial charge in [-0.25, -0.2) is 0 Å². The Morgan fingerprint density at radius 3 is 1.26 bits per heavy atom. The second-order valence-corrected chi connectivity index (χ2v) is 82.9. The lowest BCUT2D eigenvalue weighted by Crippen LogP contribution is -2.85. The lowest BCUT2D eigenvalue weighted by Gasteiger charge is -2.55. The minimum Gasteiger partial charge on any atom is -0.0747 e. The van der Waals surface area contributed by atoms with Crippen LogP contribution in [-0.2, 0) is 0 Å². The summed E-state index contributed by atoms with van der Waals surface area (Å²) in [5.41, 5.74) is 0. The van der Waals surface area contributed by atoms with E-state index in [1.54, 1.807) is 5.19 Å². The molecule has 1 aromatic rings. The van der Waals surface area contributed by atoms with E-state index in [1.165, 1.54) is 0 Å². The first-order chi connectivity index (χ1) is 10.1. The van der Waals surface area contributed by atoms with Gasteiger partial charge in [-0.3, -0.25) is 0 Å². The molecule has 0 radical (unpaired) electrons. The maximum Gasteiger partial charge on any atom is 0.0687 e. The van der Waals surface area contributed by atoms with Crippen LogP contribution in [0.3, 0.4) is 0 Å². The van der Waals surface area contributed by atoms with Gasteiger partial charge in [0.2, 0.25) is 0 Å². The van der Waals surface area contributed by atoms with Gasteiger partial charge in [0.25, 0.3) is 0 Å². The van der Waals surface area contributed by atoms with Crippen molar-refractivity contribution in [3.63, 3.8) is 0 Å². The smallest absolute Gasteiger partial charge is 0.0687 e. The Kier molecular flexibility index (Phi) is 4.54. The molecule has 0 aliphatic carbocycles. The van der Waals surface area contributed by atoms with Crippen molar-refractivity contribution in [1.82, 2.24) is 0 Å². The van der Waals surface area contributed by atoms with Crippen LogP contribution in [0.15, 0.2) is 30.3 Å². The van der Waals surface area contributed by atoms with Crippen LogP contribution < -0.4 is 5.19 Å². The van der Waals surface area contributed by atoms with E-state index in [-0.39, 0.29) is 0 Å². The van der Waals surface area contributed by atoms with E-state index in [9.17, 15) is 0 Å². The molecule has 6 heteroatoms. The van der Waals surface area contributed by atoms with Gasteiger partial charge in [0.15, 0.2) is 0 Å². The molecular formula is C17H38Si6. The third kappa shape index (κ3) is 2.02. The summed E-state index contributed by atoms with van der Waals surface area (Å²) in [5.74, 6) is 0. The molecular weight excluding hydrogens is 373 g/mol. The van der Waals surface area contributed by atoms with Crippen molar-refractivity contribution in [2.75, 3.05) is 0 Å². The zero-order valence-corrected chi connectivity index (χ0v) is 23.4. The standard InChI is InChI=1S/C17H38Si6/c1-18(2,17-15-13-12-14-16-17)23(11)21(7,8)19(3,4)20(5,6)22(23,9)10/h12-16H,1-11H3. The molecule has 0 atom stereocenters. The van der Waals surface area contributed by atoms with Crippen LogP contribution in [0.2, 0.25) is 72.0 Å². The highest BCUT2D eigenvalue weighted by Crippen LogP contribution is 2.54. The third-order valence-electron chi connectivity index (χ3n) is 9.93.